The maximum Gasteiger partial charge on any atom is 0.171 e. The van der Waals surface area contributed by atoms with E-state index in [-0.39, 0.29) is 0 Å². The van der Waals surface area contributed by atoms with Crippen LogP contribution in [0.2, 0.25) is 0 Å². The maximum atomic E-state index is 5.78. The van der Waals surface area contributed by atoms with Crippen molar-refractivity contribution in [1.82, 2.24) is 9.78 Å². The third-order valence-electron chi connectivity index (χ3n) is 2.73. The van der Waals surface area contributed by atoms with Crippen LogP contribution in [0.5, 0.6) is 0 Å². The molecule has 4 nitrogen and oxygen atoms in total. The molecule has 0 atom stereocenters. The van der Waals surface area contributed by atoms with Gasteiger partial charge in [0.1, 0.15) is 0 Å². The van der Waals surface area contributed by atoms with Gasteiger partial charge in [-0.05, 0) is 25.7 Å². The summed E-state index contributed by atoms with van der Waals surface area (Å²) in [4.78, 5) is 0. The Labute approximate surface area is 90.2 Å². The van der Waals surface area contributed by atoms with Crippen molar-refractivity contribution in [2.45, 2.75) is 25.7 Å². The molecular formula is C11H18N4. The summed E-state index contributed by atoms with van der Waals surface area (Å²) in [6.45, 7) is 0.924. The molecule has 0 saturated carbocycles. The molecule has 0 spiro atoms. The van der Waals surface area contributed by atoms with Gasteiger partial charge in [-0.3, -0.25) is 4.68 Å². The average Bonchev–Trinajstić information content (AvgIpc) is 2.77. The summed E-state index contributed by atoms with van der Waals surface area (Å²) in [5, 5.41) is 7.50. The Morgan fingerprint density at radius 3 is 3.07 bits per heavy atom. The zero-order chi connectivity index (χ0) is 10.7. The Morgan fingerprint density at radius 2 is 2.47 bits per heavy atom. The molecule has 0 saturated heterocycles. The van der Waals surface area contributed by atoms with Gasteiger partial charge in [-0.15, -0.1) is 0 Å². The molecule has 0 amide bonds. The highest BCUT2D eigenvalue weighted by Gasteiger charge is 2.06. The number of allylic oxidation sites excluding steroid dienone is 1. The van der Waals surface area contributed by atoms with Crippen LogP contribution in [0.15, 0.2) is 17.8 Å². The minimum atomic E-state index is 0.720. The smallest absolute Gasteiger partial charge is 0.171 e. The van der Waals surface area contributed by atoms with Gasteiger partial charge < -0.3 is 11.1 Å². The fourth-order valence-electron chi connectivity index (χ4n) is 1.95. The van der Waals surface area contributed by atoms with Crippen LogP contribution in [0.4, 0.5) is 11.5 Å². The number of hydrogen-bond donors (Lipinski definition) is 2. The fourth-order valence-corrected chi connectivity index (χ4v) is 1.95. The number of hydrogen-bond acceptors (Lipinski definition) is 3. The van der Waals surface area contributed by atoms with Crippen LogP contribution in [0.3, 0.4) is 0 Å². The molecule has 3 N–H and O–H groups in total. The summed E-state index contributed by atoms with van der Waals surface area (Å²) < 4.78 is 1.73. The highest BCUT2D eigenvalue weighted by Crippen LogP contribution is 2.21. The molecule has 0 fully saturated rings. The van der Waals surface area contributed by atoms with E-state index in [4.69, 9.17) is 5.73 Å². The average molecular weight is 206 g/mol. The molecular weight excluding hydrogens is 188 g/mol. The summed E-state index contributed by atoms with van der Waals surface area (Å²) in [5.41, 5.74) is 8.06. The first kappa shape index (κ1) is 10.1. The molecule has 1 aliphatic rings. The lowest BCUT2D eigenvalue weighted by molar-refractivity contribution is 0.767. The van der Waals surface area contributed by atoms with E-state index in [1.807, 2.05) is 13.2 Å². The molecule has 82 valence electrons. The first-order valence-electron chi connectivity index (χ1n) is 5.46. The van der Waals surface area contributed by atoms with Crippen LogP contribution in [-0.2, 0) is 7.05 Å². The van der Waals surface area contributed by atoms with Crippen molar-refractivity contribution in [3.63, 3.8) is 0 Å². The number of aromatic nitrogens is 2. The summed E-state index contributed by atoms with van der Waals surface area (Å²) >= 11 is 0. The Hall–Kier alpha value is -1.45. The number of aryl methyl sites for hydroxylation is 1. The standard InChI is InChI=1S/C11H18N4/c1-15-8-10(12)11(14-15)13-7-6-9-4-2-3-5-9/h4,8H,2-3,5-7,12H2,1H3,(H,13,14). The van der Waals surface area contributed by atoms with Crippen molar-refractivity contribution in [2.75, 3.05) is 17.6 Å². The van der Waals surface area contributed by atoms with E-state index in [2.05, 4.69) is 16.5 Å². The Morgan fingerprint density at radius 1 is 1.60 bits per heavy atom. The maximum absolute atomic E-state index is 5.78. The predicted octanol–water partition coefficient (Wildman–Crippen LogP) is 1.91. The van der Waals surface area contributed by atoms with Crippen molar-refractivity contribution in [3.05, 3.63) is 17.8 Å². The van der Waals surface area contributed by atoms with Crippen LogP contribution in [-0.4, -0.2) is 16.3 Å². The van der Waals surface area contributed by atoms with E-state index >= 15 is 0 Å². The van der Waals surface area contributed by atoms with Crippen LogP contribution >= 0.6 is 0 Å². The molecule has 0 aliphatic heterocycles. The number of nitrogen functional groups attached to an aromatic ring is 1. The minimum Gasteiger partial charge on any atom is -0.394 e. The molecule has 0 radical (unpaired) electrons. The molecule has 1 aliphatic carbocycles. The van der Waals surface area contributed by atoms with Crippen molar-refractivity contribution in [1.29, 1.82) is 0 Å². The number of nitrogens with one attached hydrogen (secondary N) is 1. The Kier molecular flexibility index (Phi) is 2.94. The van der Waals surface area contributed by atoms with Gasteiger partial charge in [0.15, 0.2) is 5.82 Å². The third kappa shape index (κ3) is 2.52. The van der Waals surface area contributed by atoms with E-state index < -0.39 is 0 Å². The molecule has 4 heteroatoms. The zero-order valence-corrected chi connectivity index (χ0v) is 9.16. The largest absolute Gasteiger partial charge is 0.394 e. The number of nitrogens with zero attached hydrogens (tertiary/aromatic N) is 2. The molecule has 1 aromatic heterocycles. The summed E-state index contributed by atoms with van der Waals surface area (Å²) in [5.74, 6) is 0.802. The van der Waals surface area contributed by atoms with Crippen LogP contribution in [0.25, 0.3) is 0 Å². The van der Waals surface area contributed by atoms with Gasteiger partial charge in [-0.1, -0.05) is 11.6 Å². The number of rotatable bonds is 4. The second kappa shape index (κ2) is 4.38. The lowest BCUT2D eigenvalue weighted by Crippen LogP contribution is -2.05. The first-order valence-corrected chi connectivity index (χ1v) is 5.46. The summed E-state index contributed by atoms with van der Waals surface area (Å²) in [6, 6.07) is 0. The Balaban J connectivity index is 1.80. The van der Waals surface area contributed by atoms with Gasteiger partial charge in [0, 0.05) is 19.8 Å². The lowest BCUT2D eigenvalue weighted by Gasteiger charge is -2.04. The van der Waals surface area contributed by atoms with E-state index in [1.165, 1.54) is 19.3 Å². The molecule has 1 aromatic rings. The van der Waals surface area contributed by atoms with Crippen molar-refractivity contribution in [3.8, 4) is 0 Å². The highest BCUT2D eigenvalue weighted by atomic mass is 15.3. The van der Waals surface area contributed by atoms with Gasteiger partial charge in [-0.2, -0.15) is 5.10 Å². The van der Waals surface area contributed by atoms with E-state index in [0.717, 1.165) is 24.5 Å². The van der Waals surface area contributed by atoms with E-state index in [1.54, 1.807) is 10.3 Å². The minimum absolute atomic E-state index is 0.720. The summed E-state index contributed by atoms with van der Waals surface area (Å²) in [6.07, 6.45) is 9.11. The van der Waals surface area contributed by atoms with E-state index in [9.17, 15) is 0 Å². The van der Waals surface area contributed by atoms with Gasteiger partial charge in [0.25, 0.3) is 0 Å². The van der Waals surface area contributed by atoms with Gasteiger partial charge in [-0.25, -0.2) is 0 Å². The molecule has 2 rings (SSSR count). The van der Waals surface area contributed by atoms with Crippen molar-refractivity contribution >= 4 is 11.5 Å². The van der Waals surface area contributed by atoms with E-state index in [0.29, 0.717) is 0 Å². The quantitative estimate of drug-likeness (QED) is 0.740. The fraction of sp³-hybridized carbons (Fsp3) is 0.545. The van der Waals surface area contributed by atoms with Crippen LogP contribution < -0.4 is 11.1 Å². The topological polar surface area (TPSA) is 55.9 Å². The predicted molar refractivity (Wildman–Crippen MR) is 62.7 cm³/mol. The summed E-state index contributed by atoms with van der Waals surface area (Å²) in [7, 11) is 1.88. The highest BCUT2D eigenvalue weighted by molar-refractivity contribution is 5.59. The zero-order valence-electron chi connectivity index (χ0n) is 9.16. The monoisotopic (exact) mass is 206 g/mol. The third-order valence-corrected chi connectivity index (χ3v) is 2.73. The second-order valence-electron chi connectivity index (χ2n) is 4.04. The van der Waals surface area contributed by atoms with Gasteiger partial charge >= 0.3 is 0 Å². The normalized spacial score (nSPS) is 15.4. The molecule has 0 unspecified atom stereocenters. The lowest BCUT2D eigenvalue weighted by atomic mass is 10.2. The number of anilines is 2. The van der Waals surface area contributed by atoms with Crippen LogP contribution in [0.1, 0.15) is 25.7 Å². The Bertz CT molecular complexity index is 365. The van der Waals surface area contributed by atoms with Crippen molar-refractivity contribution < 1.29 is 0 Å². The molecule has 1 heterocycles. The van der Waals surface area contributed by atoms with Gasteiger partial charge in [0.2, 0.25) is 0 Å². The number of nitrogens with two attached hydrogens (primary N) is 1. The van der Waals surface area contributed by atoms with Crippen molar-refractivity contribution in [2.24, 2.45) is 7.05 Å². The SMILES string of the molecule is Cn1cc(N)c(NCCC2=CCCC2)n1. The first-order chi connectivity index (χ1) is 7.25. The molecule has 15 heavy (non-hydrogen) atoms. The molecule has 0 aromatic carbocycles. The molecule has 0 bridgehead atoms. The second-order valence-corrected chi connectivity index (χ2v) is 4.04. The van der Waals surface area contributed by atoms with Gasteiger partial charge in [0.05, 0.1) is 5.69 Å². The van der Waals surface area contributed by atoms with Crippen LogP contribution in [0, 0.1) is 0 Å².